The van der Waals surface area contributed by atoms with Gasteiger partial charge in [-0.05, 0) is 17.7 Å². The second-order valence-corrected chi connectivity index (χ2v) is 5.77. The molecule has 3 nitrogen and oxygen atoms in total. The van der Waals surface area contributed by atoms with Gasteiger partial charge in [-0.1, -0.05) is 19.9 Å². The van der Waals surface area contributed by atoms with Crippen molar-refractivity contribution in [3.05, 3.63) is 29.3 Å². The maximum Gasteiger partial charge on any atom is 0.416 e. The van der Waals surface area contributed by atoms with Crippen LogP contribution < -0.4 is 5.32 Å². The fraction of sp³-hybridized carbons (Fsp3) is 0.500. The summed E-state index contributed by atoms with van der Waals surface area (Å²) >= 11 is 1.02. The first-order chi connectivity index (χ1) is 9.74. The Morgan fingerprint density at radius 2 is 2.05 bits per heavy atom. The Hall–Kier alpha value is -1.21. The molecular weight excluding hydrogens is 303 g/mol. The molecule has 21 heavy (non-hydrogen) atoms. The number of carbonyl (C=O) groups is 1. The van der Waals surface area contributed by atoms with Crippen molar-refractivity contribution in [2.45, 2.75) is 37.5 Å². The number of carbonyl (C=O) groups excluding carboxylic acids is 1. The molecule has 0 bridgehead atoms. The quantitative estimate of drug-likeness (QED) is 0.643. The van der Waals surface area contributed by atoms with E-state index in [1.54, 1.807) is 6.07 Å². The maximum absolute atomic E-state index is 13.1. The van der Waals surface area contributed by atoms with Crippen molar-refractivity contribution in [3.8, 4) is 0 Å². The highest BCUT2D eigenvalue weighted by molar-refractivity contribution is 8.00. The molecular formula is C14H18F3NO2S. The van der Waals surface area contributed by atoms with Crippen molar-refractivity contribution < 1.29 is 22.7 Å². The minimum atomic E-state index is -4.42. The zero-order valence-electron chi connectivity index (χ0n) is 12.1. The lowest BCUT2D eigenvalue weighted by Gasteiger charge is -2.16. The topological polar surface area (TPSA) is 38.3 Å². The minimum Gasteiger partial charge on any atom is -0.468 e. The van der Waals surface area contributed by atoms with Crippen LogP contribution in [0.5, 0.6) is 0 Å². The Morgan fingerprint density at radius 3 is 2.57 bits per heavy atom. The standard InChI is InChI=1S/C14H18F3NO2S/c1-9(2)18-7-10-4-5-11(21-8-13(19)20-3)6-12(10)14(15,16)17/h4-6,9,18H,7-8H2,1-3H3. The second-order valence-electron chi connectivity index (χ2n) is 4.72. The molecule has 0 aliphatic carbocycles. The monoisotopic (exact) mass is 321 g/mol. The van der Waals surface area contributed by atoms with Crippen molar-refractivity contribution in [1.82, 2.24) is 5.32 Å². The van der Waals surface area contributed by atoms with E-state index in [9.17, 15) is 18.0 Å². The summed E-state index contributed by atoms with van der Waals surface area (Å²) in [5.41, 5.74) is -0.482. The summed E-state index contributed by atoms with van der Waals surface area (Å²) in [6, 6.07) is 4.20. The fourth-order valence-electron chi connectivity index (χ4n) is 1.58. The molecule has 0 fully saturated rings. The van der Waals surface area contributed by atoms with E-state index >= 15 is 0 Å². The summed E-state index contributed by atoms with van der Waals surface area (Å²) in [6.07, 6.45) is -4.42. The molecule has 0 spiro atoms. The van der Waals surface area contributed by atoms with Crippen LogP contribution in [0.15, 0.2) is 23.1 Å². The molecule has 0 unspecified atom stereocenters. The Morgan fingerprint density at radius 1 is 1.38 bits per heavy atom. The third kappa shape index (κ3) is 5.97. The van der Waals surface area contributed by atoms with Gasteiger partial charge >= 0.3 is 12.1 Å². The normalized spacial score (nSPS) is 11.8. The van der Waals surface area contributed by atoms with Gasteiger partial charge < -0.3 is 10.1 Å². The summed E-state index contributed by atoms with van der Waals surface area (Å²) in [6.45, 7) is 3.89. The average molecular weight is 321 g/mol. The first-order valence-corrected chi connectivity index (χ1v) is 7.35. The van der Waals surface area contributed by atoms with Crippen LogP contribution in [-0.4, -0.2) is 24.9 Å². The number of esters is 1. The predicted molar refractivity (Wildman–Crippen MR) is 76.2 cm³/mol. The third-order valence-corrected chi connectivity index (χ3v) is 3.64. The SMILES string of the molecule is COC(=O)CSc1ccc(CNC(C)C)c(C(F)(F)F)c1. The van der Waals surface area contributed by atoms with Crippen LogP contribution in [-0.2, 0) is 22.3 Å². The lowest BCUT2D eigenvalue weighted by atomic mass is 10.1. The van der Waals surface area contributed by atoms with Crippen LogP contribution >= 0.6 is 11.8 Å². The van der Waals surface area contributed by atoms with Gasteiger partial charge in [0.1, 0.15) is 0 Å². The van der Waals surface area contributed by atoms with Crippen LogP contribution in [0.4, 0.5) is 13.2 Å². The van der Waals surface area contributed by atoms with E-state index in [1.807, 2.05) is 13.8 Å². The Kier molecular flexibility index (Phi) is 6.54. The number of rotatable bonds is 6. The van der Waals surface area contributed by atoms with Gasteiger partial charge in [0.2, 0.25) is 0 Å². The van der Waals surface area contributed by atoms with Gasteiger partial charge in [0.15, 0.2) is 0 Å². The number of hydrogen-bond acceptors (Lipinski definition) is 4. The number of ether oxygens (including phenoxy) is 1. The van der Waals surface area contributed by atoms with E-state index in [0.29, 0.717) is 4.90 Å². The molecule has 1 N–H and O–H groups in total. The molecule has 1 aromatic rings. The largest absolute Gasteiger partial charge is 0.468 e. The van der Waals surface area contributed by atoms with Crippen molar-refractivity contribution in [2.24, 2.45) is 0 Å². The predicted octanol–water partition coefficient (Wildman–Crippen LogP) is 3.47. The van der Waals surface area contributed by atoms with E-state index in [0.717, 1.165) is 17.8 Å². The summed E-state index contributed by atoms with van der Waals surface area (Å²) in [5, 5.41) is 2.97. The van der Waals surface area contributed by atoms with Crippen LogP contribution in [0.25, 0.3) is 0 Å². The molecule has 1 rings (SSSR count). The molecule has 0 saturated heterocycles. The van der Waals surface area contributed by atoms with Gasteiger partial charge in [-0.3, -0.25) is 4.79 Å². The highest BCUT2D eigenvalue weighted by Gasteiger charge is 2.33. The lowest BCUT2D eigenvalue weighted by molar-refractivity contribution is -0.138. The number of benzene rings is 1. The maximum atomic E-state index is 13.1. The van der Waals surface area contributed by atoms with Gasteiger partial charge in [0, 0.05) is 17.5 Å². The number of nitrogens with one attached hydrogen (secondary N) is 1. The van der Waals surface area contributed by atoms with Gasteiger partial charge in [0.25, 0.3) is 0 Å². The molecule has 0 aliphatic rings. The smallest absolute Gasteiger partial charge is 0.416 e. The molecule has 118 valence electrons. The number of methoxy groups -OCH3 is 1. The van der Waals surface area contributed by atoms with Crippen LogP contribution in [0.1, 0.15) is 25.0 Å². The Bertz CT molecular complexity index is 490. The van der Waals surface area contributed by atoms with Gasteiger partial charge in [-0.15, -0.1) is 11.8 Å². The summed E-state index contributed by atoms with van der Waals surface area (Å²) in [4.78, 5) is 11.4. The molecule has 7 heteroatoms. The molecule has 0 atom stereocenters. The van der Waals surface area contributed by atoms with Crippen LogP contribution in [0.2, 0.25) is 0 Å². The Balaban J connectivity index is 2.93. The summed E-state index contributed by atoms with van der Waals surface area (Å²) in [7, 11) is 1.24. The molecule has 0 radical (unpaired) electrons. The molecule has 0 saturated carbocycles. The number of halogens is 3. The first kappa shape index (κ1) is 17.8. The summed E-state index contributed by atoms with van der Waals surface area (Å²) in [5.74, 6) is -0.490. The van der Waals surface area contributed by atoms with Crippen molar-refractivity contribution in [1.29, 1.82) is 0 Å². The van der Waals surface area contributed by atoms with Crippen molar-refractivity contribution in [3.63, 3.8) is 0 Å². The summed E-state index contributed by atoms with van der Waals surface area (Å²) < 4.78 is 43.7. The molecule has 0 aliphatic heterocycles. The third-order valence-electron chi connectivity index (χ3n) is 2.67. The van der Waals surface area contributed by atoms with Gasteiger partial charge in [-0.25, -0.2) is 0 Å². The highest BCUT2D eigenvalue weighted by Crippen LogP contribution is 2.34. The molecule has 0 aromatic heterocycles. The van der Waals surface area contributed by atoms with E-state index < -0.39 is 17.7 Å². The van der Waals surface area contributed by atoms with Crippen molar-refractivity contribution >= 4 is 17.7 Å². The van der Waals surface area contributed by atoms with Gasteiger partial charge in [-0.2, -0.15) is 13.2 Å². The van der Waals surface area contributed by atoms with Crippen LogP contribution in [0.3, 0.4) is 0 Å². The number of alkyl halides is 3. The van der Waals surface area contributed by atoms with E-state index in [4.69, 9.17) is 0 Å². The number of thioether (sulfide) groups is 1. The Labute approximate surface area is 126 Å². The van der Waals surface area contributed by atoms with Crippen molar-refractivity contribution in [2.75, 3.05) is 12.9 Å². The zero-order chi connectivity index (χ0) is 16.0. The molecule has 0 amide bonds. The lowest BCUT2D eigenvalue weighted by Crippen LogP contribution is -2.23. The first-order valence-electron chi connectivity index (χ1n) is 6.37. The van der Waals surface area contributed by atoms with Gasteiger partial charge in [0.05, 0.1) is 18.4 Å². The zero-order valence-corrected chi connectivity index (χ0v) is 12.9. The molecule has 0 heterocycles. The highest BCUT2D eigenvalue weighted by atomic mass is 32.2. The van der Waals surface area contributed by atoms with Crippen LogP contribution in [0, 0.1) is 0 Å². The van der Waals surface area contributed by atoms with E-state index in [-0.39, 0.29) is 23.9 Å². The molecule has 1 aromatic carbocycles. The fourth-order valence-corrected chi connectivity index (χ4v) is 2.35. The second kappa shape index (κ2) is 7.70. The average Bonchev–Trinajstić information content (AvgIpc) is 2.41. The van der Waals surface area contributed by atoms with E-state index in [1.165, 1.54) is 13.2 Å². The number of hydrogen-bond donors (Lipinski definition) is 1. The van der Waals surface area contributed by atoms with E-state index in [2.05, 4.69) is 10.1 Å². The minimum absolute atomic E-state index is 0.0165.